The highest BCUT2D eigenvalue weighted by atomic mass is 19.1. The third-order valence-corrected chi connectivity index (χ3v) is 5.93. The summed E-state index contributed by atoms with van der Waals surface area (Å²) in [6.45, 7) is 5.97. The Kier molecular flexibility index (Phi) is 6.87. The van der Waals surface area contributed by atoms with E-state index in [9.17, 15) is 23.9 Å². The number of esters is 1. The number of nitrogens with zero attached hydrogens (tertiary/aromatic N) is 1. The third-order valence-electron chi connectivity index (χ3n) is 5.93. The summed E-state index contributed by atoms with van der Waals surface area (Å²) in [7, 11) is 0. The Bertz CT molecular complexity index is 1490. The summed E-state index contributed by atoms with van der Waals surface area (Å²) in [6, 6.07) is 15.5. The number of phenols is 1. The van der Waals surface area contributed by atoms with Crippen molar-refractivity contribution in [3.8, 4) is 5.75 Å². The number of carbonyl (C=O) groups excluding carboxylic acids is 3. The maximum atomic E-state index is 13.3. The van der Waals surface area contributed by atoms with Crippen LogP contribution in [0.3, 0.4) is 0 Å². The minimum absolute atomic E-state index is 0.101. The molecule has 4 aromatic rings. The van der Waals surface area contributed by atoms with Gasteiger partial charge < -0.3 is 19.7 Å². The van der Waals surface area contributed by atoms with E-state index >= 15 is 0 Å². The second-order valence-corrected chi connectivity index (χ2v) is 8.43. The van der Waals surface area contributed by atoms with E-state index in [2.05, 4.69) is 5.32 Å². The number of nitrogens with one attached hydrogen (secondary N) is 1. The largest absolute Gasteiger partial charge is 0.507 e. The van der Waals surface area contributed by atoms with Gasteiger partial charge in [0, 0.05) is 23.2 Å². The lowest BCUT2D eigenvalue weighted by atomic mass is 10.00. The van der Waals surface area contributed by atoms with Crippen molar-refractivity contribution in [2.45, 2.75) is 27.3 Å². The smallest absolute Gasteiger partial charge is 0.397 e. The monoisotopic (exact) mass is 488 g/mol. The summed E-state index contributed by atoms with van der Waals surface area (Å²) < 4.78 is 20.1. The van der Waals surface area contributed by atoms with Crippen LogP contribution in [-0.2, 0) is 20.9 Å². The fourth-order valence-electron chi connectivity index (χ4n) is 4.17. The van der Waals surface area contributed by atoms with Crippen molar-refractivity contribution >= 4 is 34.3 Å². The first-order valence-electron chi connectivity index (χ1n) is 11.4. The van der Waals surface area contributed by atoms with E-state index < -0.39 is 23.5 Å². The van der Waals surface area contributed by atoms with Crippen molar-refractivity contribution in [3.63, 3.8) is 0 Å². The summed E-state index contributed by atoms with van der Waals surface area (Å²) in [5.41, 5.74) is 4.33. The molecule has 1 aromatic heterocycles. The van der Waals surface area contributed by atoms with Crippen molar-refractivity contribution in [3.05, 3.63) is 94.4 Å². The number of aromatic hydroxyl groups is 1. The molecule has 0 unspecified atom stereocenters. The van der Waals surface area contributed by atoms with Crippen molar-refractivity contribution in [2.24, 2.45) is 0 Å². The van der Waals surface area contributed by atoms with Crippen LogP contribution in [0, 0.1) is 19.7 Å². The fourth-order valence-corrected chi connectivity index (χ4v) is 4.17. The zero-order valence-electron chi connectivity index (χ0n) is 20.1. The number of aryl methyl sites for hydroxylation is 2. The minimum Gasteiger partial charge on any atom is -0.507 e. The van der Waals surface area contributed by atoms with Gasteiger partial charge in [-0.2, -0.15) is 0 Å². The van der Waals surface area contributed by atoms with Crippen molar-refractivity contribution in [1.82, 2.24) is 4.57 Å². The quantitative estimate of drug-likeness (QED) is 0.229. The number of amides is 1. The van der Waals surface area contributed by atoms with Crippen molar-refractivity contribution in [2.75, 3.05) is 11.9 Å². The molecule has 0 radical (unpaired) electrons. The predicted octanol–water partition coefficient (Wildman–Crippen LogP) is 4.88. The molecule has 7 nitrogen and oxygen atoms in total. The molecule has 8 heteroatoms. The highest BCUT2D eigenvalue weighted by Crippen LogP contribution is 2.31. The van der Waals surface area contributed by atoms with Gasteiger partial charge in [0.15, 0.2) is 5.78 Å². The first-order chi connectivity index (χ1) is 17.2. The van der Waals surface area contributed by atoms with Crippen LogP contribution in [0.15, 0.2) is 60.7 Å². The van der Waals surface area contributed by atoms with Crippen LogP contribution in [0.25, 0.3) is 10.9 Å². The third kappa shape index (κ3) is 4.84. The molecule has 2 N–H and O–H groups in total. The van der Waals surface area contributed by atoms with Crippen LogP contribution >= 0.6 is 0 Å². The molecule has 0 atom stereocenters. The molecule has 184 valence electrons. The van der Waals surface area contributed by atoms with Crippen molar-refractivity contribution < 1.29 is 28.6 Å². The van der Waals surface area contributed by atoms with Gasteiger partial charge in [0.05, 0.1) is 23.4 Å². The van der Waals surface area contributed by atoms with Crippen molar-refractivity contribution in [1.29, 1.82) is 0 Å². The molecule has 0 saturated heterocycles. The average molecular weight is 489 g/mol. The lowest BCUT2D eigenvalue weighted by Gasteiger charge is -2.13. The molecular weight excluding hydrogens is 463 g/mol. The molecule has 3 aromatic carbocycles. The molecule has 0 saturated carbocycles. The molecule has 1 heterocycles. The maximum Gasteiger partial charge on any atom is 0.397 e. The molecule has 0 aliphatic rings. The summed E-state index contributed by atoms with van der Waals surface area (Å²) in [6.07, 6.45) is 0. The standard InChI is InChI=1S/C28H25FN2O5/c1-4-36-28(35)27(34)30-23-11-5-16(2)25-21(23)13-17(3)31(25)15-18-6-12-24(32)22(14-18)26(33)19-7-9-20(29)10-8-19/h5-14,32H,4,15H2,1-3H3,(H,30,34). The first-order valence-corrected chi connectivity index (χ1v) is 11.4. The normalized spacial score (nSPS) is 10.9. The van der Waals surface area contributed by atoms with E-state index in [1.807, 2.05) is 30.5 Å². The van der Waals surface area contributed by atoms with Gasteiger partial charge in [-0.05, 0) is 80.4 Å². The van der Waals surface area contributed by atoms with E-state index in [4.69, 9.17) is 4.74 Å². The van der Waals surface area contributed by atoms with Crippen LogP contribution in [0.1, 0.15) is 39.7 Å². The highest BCUT2D eigenvalue weighted by Gasteiger charge is 2.19. The SMILES string of the molecule is CCOC(=O)C(=O)Nc1ccc(C)c2c1cc(C)n2Cc1ccc(O)c(C(=O)c2ccc(F)cc2)c1. The van der Waals surface area contributed by atoms with E-state index in [-0.39, 0.29) is 23.5 Å². The molecule has 36 heavy (non-hydrogen) atoms. The van der Waals surface area contributed by atoms with Gasteiger partial charge in [0.2, 0.25) is 0 Å². The Morgan fingerprint density at radius 3 is 2.42 bits per heavy atom. The molecule has 0 aliphatic carbocycles. The van der Waals surface area contributed by atoms with Crippen LogP contribution in [0.2, 0.25) is 0 Å². The summed E-state index contributed by atoms with van der Waals surface area (Å²) in [5.74, 6) is -2.83. The zero-order valence-corrected chi connectivity index (χ0v) is 20.1. The summed E-state index contributed by atoms with van der Waals surface area (Å²) >= 11 is 0. The number of halogens is 1. The number of rotatable bonds is 6. The van der Waals surface area contributed by atoms with Crippen LogP contribution < -0.4 is 5.32 Å². The van der Waals surface area contributed by atoms with Crippen LogP contribution in [0.4, 0.5) is 10.1 Å². The molecule has 4 rings (SSSR count). The fraction of sp³-hybridized carbons (Fsp3) is 0.179. The molecule has 0 bridgehead atoms. The Labute approximate surface area is 207 Å². The topological polar surface area (TPSA) is 97.6 Å². The van der Waals surface area contributed by atoms with E-state index in [0.29, 0.717) is 12.2 Å². The number of hydrogen-bond donors (Lipinski definition) is 2. The summed E-state index contributed by atoms with van der Waals surface area (Å²) in [4.78, 5) is 37.0. The number of ether oxygens (including phenoxy) is 1. The summed E-state index contributed by atoms with van der Waals surface area (Å²) in [5, 5.41) is 13.7. The Morgan fingerprint density at radius 2 is 1.72 bits per heavy atom. The number of hydrogen-bond acceptors (Lipinski definition) is 5. The van der Waals surface area contributed by atoms with E-state index in [1.165, 1.54) is 30.3 Å². The first kappa shape index (κ1) is 24.7. The van der Waals surface area contributed by atoms with Crippen LogP contribution in [0.5, 0.6) is 5.75 Å². The molecular formula is C28H25FN2O5. The van der Waals surface area contributed by atoms with Gasteiger partial charge in [-0.3, -0.25) is 9.59 Å². The lowest BCUT2D eigenvalue weighted by molar-refractivity contribution is -0.152. The number of carbonyl (C=O) groups is 3. The van der Waals surface area contributed by atoms with E-state index in [0.717, 1.165) is 27.7 Å². The van der Waals surface area contributed by atoms with Gasteiger partial charge >= 0.3 is 11.9 Å². The number of ketones is 1. The van der Waals surface area contributed by atoms with Gasteiger partial charge in [-0.15, -0.1) is 0 Å². The number of phenolic OH excluding ortho intramolecular Hbond substituents is 1. The Morgan fingerprint density at radius 1 is 1.00 bits per heavy atom. The van der Waals surface area contributed by atoms with Crippen LogP contribution in [-0.4, -0.2) is 33.9 Å². The Balaban J connectivity index is 1.69. The Hall–Kier alpha value is -4.46. The van der Waals surface area contributed by atoms with Gasteiger partial charge in [-0.1, -0.05) is 12.1 Å². The van der Waals surface area contributed by atoms with Gasteiger partial charge in [0.25, 0.3) is 0 Å². The lowest BCUT2D eigenvalue weighted by Crippen LogP contribution is -2.25. The van der Waals surface area contributed by atoms with Gasteiger partial charge in [-0.25, -0.2) is 9.18 Å². The maximum absolute atomic E-state index is 13.3. The highest BCUT2D eigenvalue weighted by molar-refractivity contribution is 6.38. The number of benzene rings is 3. The minimum atomic E-state index is -0.954. The predicted molar refractivity (Wildman–Crippen MR) is 134 cm³/mol. The molecule has 0 spiro atoms. The zero-order chi connectivity index (χ0) is 26.0. The molecule has 1 amide bonds. The van der Waals surface area contributed by atoms with E-state index in [1.54, 1.807) is 25.1 Å². The number of aromatic nitrogens is 1. The van der Waals surface area contributed by atoms with Gasteiger partial charge in [0.1, 0.15) is 11.6 Å². The average Bonchev–Trinajstić information content (AvgIpc) is 3.19. The second kappa shape index (κ2) is 10.0. The molecule has 0 aliphatic heterocycles. The second-order valence-electron chi connectivity index (χ2n) is 8.43. The number of anilines is 1. The molecule has 0 fully saturated rings. The number of fused-ring (bicyclic) bond motifs is 1.